The quantitative estimate of drug-likeness (QED) is 0.661. The Hall–Kier alpha value is -3.03. The molecule has 2 amide bonds. The lowest BCUT2D eigenvalue weighted by atomic mass is 9.95. The highest BCUT2D eigenvalue weighted by Crippen LogP contribution is 2.29. The Morgan fingerprint density at radius 1 is 1.23 bits per heavy atom. The summed E-state index contributed by atoms with van der Waals surface area (Å²) in [7, 11) is 1.57. The fourth-order valence-electron chi connectivity index (χ4n) is 3.43. The molecule has 8 nitrogen and oxygen atoms in total. The summed E-state index contributed by atoms with van der Waals surface area (Å²) >= 11 is 0. The molecule has 2 heterocycles. The predicted octanol–water partition coefficient (Wildman–Crippen LogP) is 3.66. The molecule has 30 heavy (non-hydrogen) atoms. The molecule has 162 valence electrons. The van der Waals surface area contributed by atoms with Crippen molar-refractivity contribution in [3.05, 3.63) is 35.6 Å². The molecule has 0 bridgehead atoms. The van der Waals surface area contributed by atoms with Crippen molar-refractivity contribution >= 4 is 17.6 Å². The van der Waals surface area contributed by atoms with Crippen LogP contribution >= 0.6 is 0 Å². The molecule has 1 saturated heterocycles. The number of nitrogens with zero attached hydrogens (tertiary/aromatic N) is 2. The smallest absolute Gasteiger partial charge is 0.253 e. The largest absolute Gasteiger partial charge is 0.493 e. The molecule has 0 radical (unpaired) electrons. The van der Waals surface area contributed by atoms with E-state index >= 15 is 0 Å². The normalized spacial score (nSPS) is 14.4. The number of likely N-dealkylation sites (tertiary alicyclic amines) is 1. The van der Waals surface area contributed by atoms with E-state index < -0.39 is 0 Å². The van der Waals surface area contributed by atoms with Gasteiger partial charge in [-0.15, -0.1) is 0 Å². The average Bonchev–Trinajstić information content (AvgIpc) is 3.18. The monoisotopic (exact) mass is 415 g/mol. The highest BCUT2D eigenvalue weighted by Gasteiger charge is 2.28. The molecular formula is C22H29N3O5. The molecule has 0 saturated carbocycles. The van der Waals surface area contributed by atoms with E-state index in [-0.39, 0.29) is 17.7 Å². The van der Waals surface area contributed by atoms with Gasteiger partial charge in [0.1, 0.15) is 5.76 Å². The van der Waals surface area contributed by atoms with Crippen molar-refractivity contribution < 1.29 is 23.6 Å². The molecule has 1 aromatic carbocycles. The lowest BCUT2D eigenvalue weighted by Crippen LogP contribution is -2.41. The summed E-state index contributed by atoms with van der Waals surface area (Å²) in [5, 5.41) is 6.56. The van der Waals surface area contributed by atoms with Crippen LogP contribution in [0.4, 0.5) is 5.82 Å². The summed E-state index contributed by atoms with van der Waals surface area (Å²) in [6.07, 6.45) is 3.21. The van der Waals surface area contributed by atoms with Crippen molar-refractivity contribution in [2.45, 2.75) is 39.5 Å². The number of hydrogen-bond acceptors (Lipinski definition) is 6. The van der Waals surface area contributed by atoms with E-state index in [1.807, 2.05) is 0 Å². The molecule has 1 aliphatic heterocycles. The molecule has 0 spiro atoms. The Kier molecular flexibility index (Phi) is 7.32. The number of aryl methyl sites for hydroxylation is 1. The Morgan fingerprint density at radius 3 is 2.63 bits per heavy atom. The first-order chi connectivity index (χ1) is 14.5. The molecule has 3 rings (SSSR count). The van der Waals surface area contributed by atoms with Gasteiger partial charge >= 0.3 is 0 Å². The molecule has 2 aromatic rings. The topological polar surface area (TPSA) is 93.9 Å². The van der Waals surface area contributed by atoms with E-state index in [2.05, 4.69) is 17.4 Å². The van der Waals surface area contributed by atoms with Crippen LogP contribution in [0.15, 0.2) is 28.8 Å². The molecule has 1 fully saturated rings. The SMILES string of the molecule is CCCCOc1ccc(C(=O)N2CCC(C(=O)Nc3cc(C)on3)CC2)cc1OC. The Labute approximate surface area is 176 Å². The standard InChI is InChI=1S/C22H29N3O5/c1-4-5-12-29-18-7-6-17(14-19(18)28-3)22(27)25-10-8-16(9-11-25)21(26)23-20-13-15(2)30-24-20/h6-7,13-14,16H,4-5,8-12H2,1-3H3,(H,23,24,26). The maximum absolute atomic E-state index is 12.9. The number of unbranched alkanes of at least 4 members (excludes halogenated alkanes) is 1. The first-order valence-corrected chi connectivity index (χ1v) is 10.4. The van der Waals surface area contributed by atoms with Gasteiger partial charge in [-0.25, -0.2) is 0 Å². The van der Waals surface area contributed by atoms with Gasteiger partial charge in [0.05, 0.1) is 13.7 Å². The lowest BCUT2D eigenvalue weighted by molar-refractivity contribution is -0.121. The second kappa shape index (κ2) is 10.1. The van der Waals surface area contributed by atoms with Crippen LogP contribution in [0.1, 0.15) is 48.7 Å². The first kappa shape index (κ1) is 21.7. The zero-order valence-corrected chi connectivity index (χ0v) is 17.8. The number of amides is 2. The van der Waals surface area contributed by atoms with E-state index in [4.69, 9.17) is 14.0 Å². The third kappa shape index (κ3) is 5.31. The van der Waals surface area contributed by atoms with Crippen LogP contribution in [0.2, 0.25) is 0 Å². The molecule has 0 atom stereocenters. The maximum Gasteiger partial charge on any atom is 0.253 e. The number of nitrogens with one attached hydrogen (secondary N) is 1. The van der Waals surface area contributed by atoms with Crippen molar-refractivity contribution in [2.24, 2.45) is 5.92 Å². The summed E-state index contributed by atoms with van der Waals surface area (Å²) in [5.41, 5.74) is 0.552. The summed E-state index contributed by atoms with van der Waals surface area (Å²) in [5.74, 6) is 1.93. The summed E-state index contributed by atoms with van der Waals surface area (Å²) in [4.78, 5) is 27.1. The predicted molar refractivity (Wildman–Crippen MR) is 112 cm³/mol. The van der Waals surface area contributed by atoms with Crippen LogP contribution in [0.25, 0.3) is 0 Å². The van der Waals surface area contributed by atoms with Crippen LogP contribution in [0, 0.1) is 12.8 Å². The molecule has 0 aliphatic carbocycles. The number of benzene rings is 1. The van der Waals surface area contributed by atoms with Gasteiger partial charge in [-0.1, -0.05) is 18.5 Å². The number of methoxy groups -OCH3 is 1. The van der Waals surface area contributed by atoms with Gasteiger partial charge in [0.2, 0.25) is 5.91 Å². The van der Waals surface area contributed by atoms with Gasteiger partial charge in [-0.05, 0) is 44.4 Å². The van der Waals surface area contributed by atoms with Crippen molar-refractivity contribution in [3.8, 4) is 11.5 Å². The van der Waals surface area contributed by atoms with Crippen molar-refractivity contribution in [1.82, 2.24) is 10.1 Å². The number of aromatic nitrogens is 1. The van der Waals surface area contributed by atoms with Crippen molar-refractivity contribution in [1.29, 1.82) is 0 Å². The maximum atomic E-state index is 12.9. The summed E-state index contributed by atoms with van der Waals surface area (Å²) in [6, 6.07) is 6.94. The second-order valence-electron chi connectivity index (χ2n) is 7.45. The molecule has 1 N–H and O–H groups in total. The molecular weight excluding hydrogens is 386 g/mol. The Balaban J connectivity index is 1.56. The van der Waals surface area contributed by atoms with Crippen LogP contribution < -0.4 is 14.8 Å². The summed E-state index contributed by atoms with van der Waals surface area (Å²) < 4.78 is 16.1. The van der Waals surface area contributed by atoms with E-state index in [1.165, 1.54) is 0 Å². The van der Waals surface area contributed by atoms with Crippen LogP contribution in [0.3, 0.4) is 0 Å². The number of anilines is 1. The Bertz CT molecular complexity index is 871. The van der Waals surface area contributed by atoms with Gasteiger partial charge in [-0.3, -0.25) is 9.59 Å². The third-order valence-corrected chi connectivity index (χ3v) is 5.20. The van der Waals surface area contributed by atoms with Gasteiger partial charge in [-0.2, -0.15) is 0 Å². The van der Waals surface area contributed by atoms with Crippen LogP contribution in [-0.4, -0.2) is 48.7 Å². The molecule has 0 unspecified atom stereocenters. The van der Waals surface area contributed by atoms with E-state index in [0.29, 0.717) is 61.2 Å². The zero-order chi connectivity index (χ0) is 21.5. The van der Waals surface area contributed by atoms with Crippen LogP contribution in [-0.2, 0) is 4.79 Å². The minimum atomic E-state index is -0.157. The summed E-state index contributed by atoms with van der Waals surface area (Å²) in [6.45, 7) is 5.53. The number of carbonyl (C=O) groups is 2. The molecule has 1 aliphatic rings. The molecule has 1 aromatic heterocycles. The number of carbonyl (C=O) groups excluding carboxylic acids is 2. The Morgan fingerprint density at radius 2 is 2.00 bits per heavy atom. The highest BCUT2D eigenvalue weighted by atomic mass is 16.5. The fourth-order valence-corrected chi connectivity index (χ4v) is 3.43. The zero-order valence-electron chi connectivity index (χ0n) is 17.8. The number of ether oxygens (including phenoxy) is 2. The van der Waals surface area contributed by atoms with Crippen molar-refractivity contribution in [3.63, 3.8) is 0 Å². The number of rotatable bonds is 8. The van der Waals surface area contributed by atoms with Gasteiger partial charge in [0, 0.05) is 30.6 Å². The van der Waals surface area contributed by atoms with E-state index in [1.54, 1.807) is 43.2 Å². The molecule has 8 heteroatoms. The van der Waals surface area contributed by atoms with Gasteiger partial charge in [0.25, 0.3) is 5.91 Å². The first-order valence-electron chi connectivity index (χ1n) is 10.4. The van der Waals surface area contributed by atoms with E-state index in [0.717, 1.165) is 12.8 Å². The number of piperidine rings is 1. The average molecular weight is 415 g/mol. The third-order valence-electron chi connectivity index (χ3n) is 5.20. The minimum Gasteiger partial charge on any atom is -0.493 e. The van der Waals surface area contributed by atoms with E-state index in [9.17, 15) is 9.59 Å². The highest BCUT2D eigenvalue weighted by molar-refractivity contribution is 5.95. The lowest BCUT2D eigenvalue weighted by Gasteiger charge is -2.31. The van der Waals surface area contributed by atoms with Crippen LogP contribution in [0.5, 0.6) is 11.5 Å². The van der Waals surface area contributed by atoms with Gasteiger partial charge in [0.15, 0.2) is 17.3 Å². The fraction of sp³-hybridized carbons (Fsp3) is 0.500. The minimum absolute atomic E-state index is 0.0700. The van der Waals surface area contributed by atoms with Crippen molar-refractivity contribution in [2.75, 3.05) is 32.1 Å². The number of hydrogen-bond donors (Lipinski definition) is 1. The van der Waals surface area contributed by atoms with Gasteiger partial charge < -0.3 is 24.2 Å². The second-order valence-corrected chi connectivity index (χ2v) is 7.45.